The van der Waals surface area contributed by atoms with Crippen molar-refractivity contribution in [2.24, 2.45) is 0 Å². The van der Waals surface area contributed by atoms with Gasteiger partial charge in [0.15, 0.2) is 0 Å². The van der Waals surface area contributed by atoms with E-state index in [2.05, 4.69) is 6.58 Å². The number of carboxylic acid groups (broad SMARTS) is 1. The molecular formula is C7H10O2. The molecule has 0 unspecified atom stereocenters. The van der Waals surface area contributed by atoms with Gasteiger partial charge < -0.3 is 5.11 Å². The third-order valence-electron chi connectivity index (χ3n) is 0.891. The van der Waals surface area contributed by atoms with Crippen LogP contribution >= 0.6 is 0 Å². The summed E-state index contributed by atoms with van der Waals surface area (Å²) in [6, 6.07) is 0. The zero-order valence-corrected chi connectivity index (χ0v) is 5.42. The number of allylic oxidation sites excluding steroid dienone is 1. The molecular weight excluding hydrogens is 116 g/mol. The van der Waals surface area contributed by atoms with Gasteiger partial charge in [-0.25, -0.2) is 4.79 Å². The third kappa shape index (κ3) is 2.69. The monoisotopic (exact) mass is 126 g/mol. The van der Waals surface area contributed by atoms with E-state index in [4.69, 9.17) is 5.11 Å². The van der Waals surface area contributed by atoms with Crippen LogP contribution in [0.15, 0.2) is 24.3 Å². The van der Waals surface area contributed by atoms with E-state index in [0.717, 1.165) is 6.42 Å². The molecule has 0 aliphatic heterocycles. The molecule has 1 N–H and O–H groups in total. The molecule has 0 aliphatic rings. The van der Waals surface area contributed by atoms with Gasteiger partial charge in [-0.3, -0.25) is 0 Å². The van der Waals surface area contributed by atoms with Crippen LogP contribution in [0.3, 0.4) is 0 Å². The minimum atomic E-state index is -0.910. The SMILES string of the molecule is C=C/C(=C\CC)C(=O)O. The summed E-state index contributed by atoms with van der Waals surface area (Å²) in [4.78, 5) is 10.2. The zero-order valence-electron chi connectivity index (χ0n) is 5.42. The maximum absolute atomic E-state index is 10.2. The van der Waals surface area contributed by atoms with Crippen molar-refractivity contribution in [1.82, 2.24) is 0 Å². The Morgan fingerprint density at radius 3 is 2.44 bits per heavy atom. The highest BCUT2D eigenvalue weighted by Crippen LogP contribution is 1.96. The summed E-state index contributed by atoms with van der Waals surface area (Å²) >= 11 is 0. The first kappa shape index (κ1) is 7.95. The van der Waals surface area contributed by atoms with E-state index < -0.39 is 5.97 Å². The second-order valence-corrected chi connectivity index (χ2v) is 1.58. The molecule has 2 nitrogen and oxygen atoms in total. The van der Waals surface area contributed by atoms with Crippen molar-refractivity contribution in [3.8, 4) is 0 Å². The lowest BCUT2D eigenvalue weighted by molar-refractivity contribution is -0.132. The summed E-state index contributed by atoms with van der Waals surface area (Å²) in [5.41, 5.74) is 0.275. The predicted molar refractivity (Wildman–Crippen MR) is 36.2 cm³/mol. The Kier molecular flexibility index (Phi) is 3.44. The molecule has 0 aromatic carbocycles. The number of carbonyl (C=O) groups is 1. The van der Waals surface area contributed by atoms with Gasteiger partial charge in [-0.2, -0.15) is 0 Å². The lowest BCUT2D eigenvalue weighted by Gasteiger charge is -1.89. The van der Waals surface area contributed by atoms with Crippen LogP contribution in [-0.2, 0) is 4.79 Å². The molecule has 2 heteroatoms. The topological polar surface area (TPSA) is 37.3 Å². The summed E-state index contributed by atoms with van der Waals surface area (Å²) in [7, 11) is 0. The lowest BCUT2D eigenvalue weighted by atomic mass is 10.2. The van der Waals surface area contributed by atoms with Gasteiger partial charge in [0.1, 0.15) is 0 Å². The summed E-state index contributed by atoms with van der Waals surface area (Å²) in [6.07, 6.45) is 3.69. The fourth-order valence-electron chi connectivity index (χ4n) is 0.478. The van der Waals surface area contributed by atoms with Gasteiger partial charge in [0.05, 0.1) is 5.57 Å². The van der Waals surface area contributed by atoms with E-state index in [1.54, 1.807) is 6.08 Å². The normalized spacial score (nSPS) is 11.0. The number of rotatable bonds is 3. The molecule has 0 amide bonds. The molecule has 0 aromatic heterocycles. The van der Waals surface area contributed by atoms with Crippen LogP contribution in [0, 0.1) is 0 Å². The van der Waals surface area contributed by atoms with Crippen molar-refractivity contribution in [1.29, 1.82) is 0 Å². The predicted octanol–water partition coefficient (Wildman–Crippen LogP) is 1.59. The largest absolute Gasteiger partial charge is 0.478 e. The Morgan fingerprint density at radius 1 is 1.78 bits per heavy atom. The highest BCUT2D eigenvalue weighted by Gasteiger charge is 1.98. The minimum Gasteiger partial charge on any atom is -0.478 e. The first-order valence-corrected chi connectivity index (χ1v) is 2.78. The summed E-state index contributed by atoms with van der Waals surface area (Å²) in [6.45, 7) is 5.23. The molecule has 0 aromatic rings. The van der Waals surface area contributed by atoms with Gasteiger partial charge in [0, 0.05) is 0 Å². The first-order valence-electron chi connectivity index (χ1n) is 2.78. The highest BCUT2D eigenvalue weighted by atomic mass is 16.4. The molecule has 0 fully saturated rings. The molecule has 0 saturated heterocycles. The number of hydrogen-bond acceptors (Lipinski definition) is 1. The maximum atomic E-state index is 10.2. The molecule has 0 radical (unpaired) electrons. The van der Waals surface area contributed by atoms with Gasteiger partial charge in [-0.05, 0) is 6.42 Å². The van der Waals surface area contributed by atoms with Crippen LogP contribution in [0.25, 0.3) is 0 Å². The van der Waals surface area contributed by atoms with Gasteiger partial charge in [0.2, 0.25) is 0 Å². The summed E-state index contributed by atoms with van der Waals surface area (Å²) in [5, 5.41) is 8.36. The Bertz CT molecular complexity index is 145. The van der Waals surface area contributed by atoms with Crippen LogP contribution in [0.5, 0.6) is 0 Å². The molecule has 9 heavy (non-hydrogen) atoms. The average molecular weight is 126 g/mol. The van der Waals surface area contributed by atoms with Gasteiger partial charge in [-0.1, -0.05) is 25.7 Å². The van der Waals surface area contributed by atoms with E-state index in [0.29, 0.717) is 0 Å². The molecule has 0 atom stereocenters. The Hall–Kier alpha value is -1.05. The van der Waals surface area contributed by atoms with E-state index in [1.165, 1.54) is 6.08 Å². The summed E-state index contributed by atoms with van der Waals surface area (Å²) in [5.74, 6) is -0.910. The molecule has 0 heterocycles. The standard InChI is InChI=1S/C7H10O2/c1-3-5-6(4-2)7(8)9/h4-5H,2-3H2,1H3,(H,8,9)/b6-5+. The van der Waals surface area contributed by atoms with Gasteiger partial charge in [0.25, 0.3) is 0 Å². The van der Waals surface area contributed by atoms with Crippen molar-refractivity contribution < 1.29 is 9.90 Å². The average Bonchev–Trinajstić information content (AvgIpc) is 1.82. The zero-order chi connectivity index (χ0) is 7.28. The van der Waals surface area contributed by atoms with E-state index in [-0.39, 0.29) is 5.57 Å². The van der Waals surface area contributed by atoms with Crippen LogP contribution in [0.2, 0.25) is 0 Å². The fraction of sp³-hybridized carbons (Fsp3) is 0.286. The second-order valence-electron chi connectivity index (χ2n) is 1.58. The Balaban J connectivity index is 4.14. The quantitative estimate of drug-likeness (QED) is 0.460. The van der Waals surface area contributed by atoms with E-state index >= 15 is 0 Å². The van der Waals surface area contributed by atoms with Crippen LogP contribution in [0.1, 0.15) is 13.3 Å². The lowest BCUT2D eigenvalue weighted by Crippen LogP contribution is -1.96. The molecule has 0 spiro atoms. The van der Waals surface area contributed by atoms with Gasteiger partial charge >= 0.3 is 5.97 Å². The fourth-order valence-corrected chi connectivity index (χ4v) is 0.478. The number of carboxylic acids is 1. The van der Waals surface area contributed by atoms with E-state index in [1.807, 2.05) is 6.92 Å². The second kappa shape index (κ2) is 3.89. The molecule has 50 valence electrons. The number of hydrogen-bond donors (Lipinski definition) is 1. The van der Waals surface area contributed by atoms with Crippen LogP contribution in [0.4, 0.5) is 0 Å². The van der Waals surface area contributed by atoms with Crippen molar-refractivity contribution >= 4 is 5.97 Å². The molecule has 0 saturated carbocycles. The van der Waals surface area contributed by atoms with Crippen molar-refractivity contribution in [2.45, 2.75) is 13.3 Å². The third-order valence-corrected chi connectivity index (χ3v) is 0.891. The van der Waals surface area contributed by atoms with Crippen LogP contribution in [-0.4, -0.2) is 11.1 Å². The Labute approximate surface area is 54.5 Å². The molecule has 0 aliphatic carbocycles. The van der Waals surface area contributed by atoms with Crippen LogP contribution < -0.4 is 0 Å². The minimum absolute atomic E-state index is 0.275. The van der Waals surface area contributed by atoms with Crippen molar-refractivity contribution in [2.75, 3.05) is 0 Å². The summed E-state index contributed by atoms with van der Waals surface area (Å²) < 4.78 is 0. The number of aliphatic carboxylic acids is 1. The smallest absolute Gasteiger partial charge is 0.335 e. The van der Waals surface area contributed by atoms with Crippen molar-refractivity contribution in [3.63, 3.8) is 0 Å². The van der Waals surface area contributed by atoms with Gasteiger partial charge in [-0.15, -0.1) is 0 Å². The Morgan fingerprint density at radius 2 is 2.33 bits per heavy atom. The van der Waals surface area contributed by atoms with E-state index in [9.17, 15) is 4.79 Å². The van der Waals surface area contributed by atoms with Crippen molar-refractivity contribution in [3.05, 3.63) is 24.3 Å². The first-order chi connectivity index (χ1) is 4.22. The maximum Gasteiger partial charge on any atom is 0.335 e. The molecule has 0 bridgehead atoms. The highest BCUT2D eigenvalue weighted by molar-refractivity contribution is 5.89. The molecule has 0 rings (SSSR count).